The minimum absolute atomic E-state index is 0.109. The first-order chi connectivity index (χ1) is 19.3. The number of amides is 2. The van der Waals surface area contributed by atoms with E-state index in [9.17, 15) is 53.5 Å². The number of hydrogen-bond donors (Lipinski definition) is 2. The Hall–Kier alpha value is -5.08. The highest BCUT2D eigenvalue weighted by Gasteiger charge is 2.31. The molecule has 212 valence electrons. The zero-order valence-corrected chi connectivity index (χ0v) is 19.6. The van der Waals surface area contributed by atoms with Crippen molar-refractivity contribution in [3.63, 3.8) is 0 Å². The predicted octanol–water partition coefficient (Wildman–Crippen LogP) is 7.37. The number of ether oxygens (including phenoxy) is 1. The Morgan fingerprint density at radius 2 is 0.659 bits per heavy atom. The first kappa shape index (κ1) is 28.9. The van der Waals surface area contributed by atoms with Crippen molar-refractivity contribution in [2.24, 2.45) is 0 Å². The number of benzene rings is 4. The van der Waals surface area contributed by atoms with Crippen molar-refractivity contribution in [1.82, 2.24) is 0 Å². The van der Waals surface area contributed by atoms with Gasteiger partial charge >= 0.3 is 0 Å². The molecule has 2 N–H and O–H groups in total. The van der Waals surface area contributed by atoms with Crippen LogP contribution >= 0.6 is 0 Å². The Bertz CT molecular complexity index is 1510. The number of carbonyl (C=O) groups excluding carboxylic acids is 2. The quantitative estimate of drug-likeness (QED) is 0.140. The summed E-state index contributed by atoms with van der Waals surface area (Å²) in [7, 11) is 0. The maximum atomic E-state index is 13.8. The van der Waals surface area contributed by atoms with E-state index in [4.69, 9.17) is 4.74 Å². The largest absolute Gasteiger partial charge is 0.457 e. The zero-order valence-electron chi connectivity index (χ0n) is 19.6. The van der Waals surface area contributed by atoms with Crippen LogP contribution in [0.5, 0.6) is 11.5 Å². The van der Waals surface area contributed by atoms with E-state index in [2.05, 4.69) is 0 Å². The van der Waals surface area contributed by atoms with Gasteiger partial charge in [0.15, 0.2) is 46.5 Å². The summed E-state index contributed by atoms with van der Waals surface area (Å²) in [5, 5.41) is 3.94. The van der Waals surface area contributed by atoms with Crippen LogP contribution in [0, 0.1) is 58.2 Å². The van der Waals surface area contributed by atoms with E-state index in [0.717, 1.165) is 24.3 Å². The second-order valence-corrected chi connectivity index (χ2v) is 7.95. The van der Waals surface area contributed by atoms with Crippen LogP contribution in [-0.4, -0.2) is 11.8 Å². The van der Waals surface area contributed by atoms with E-state index in [1.165, 1.54) is 24.3 Å². The van der Waals surface area contributed by atoms with Gasteiger partial charge in [0.05, 0.1) is 0 Å². The maximum Gasteiger partial charge on any atom is 0.261 e. The molecule has 15 heteroatoms. The van der Waals surface area contributed by atoms with E-state index in [0.29, 0.717) is 0 Å². The third kappa shape index (κ3) is 5.50. The smallest absolute Gasteiger partial charge is 0.261 e. The van der Waals surface area contributed by atoms with Gasteiger partial charge < -0.3 is 15.4 Å². The summed E-state index contributed by atoms with van der Waals surface area (Å²) in [6.07, 6.45) is 0. The van der Waals surface area contributed by atoms with Gasteiger partial charge in [0.1, 0.15) is 22.6 Å². The van der Waals surface area contributed by atoms with E-state index in [1.807, 2.05) is 10.6 Å². The summed E-state index contributed by atoms with van der Waals surface area (Å²) in [5.41, 5.74) is -3.60. The van der Waals surface area contributed by atoms with E-state index < -0.39 is 81.1 Å². The summed E-state index contributed by atoms with van der Waals surface area (Å²) in [6, 6.07) is 9.63. The Morgan fingerprint density at radius 3 is 0.927 bits per heavy atom. The Labute approximate surface area is 222 Å². The van der Waals surface area contributed by atoms with Crippen LogP contribution in [0.4, 0.5) is 55.3 Å². The lowest BCUT2D eigenvalue weighted by Crippen LogP contribution is -2.19. The topological polar surface area (TPSA) is 67.4 Å². The molecule has 0 atom stereocenters. The van der Waals surface area contributed by atoms with Gasteiger partial charge in [-0.2, -0.15) is 0 Å². The monoisotopic (exact) mass is 588 g/mol. The van der Waals surface area contributed by atoms with Gasteiger partial charge in [-0.25, -0.2) is 43.9 Å². The Kier molecular flexibility index (Phi) is 7.89. The SMILES string of the molecule is O=C(Nc1ccc(Oc2ccc(NC(=O)c3c(F)c(F)c(F)c(F)c3F)cc2)cc1)c1c(F)c(F)c(F)c(F)c1F. The number of hydrogen-bond acceptors (Lipinski definition) is 3. The van der Waals surface area contributed by atoms with E-state index >= 15 is 0 Å². The molecule has 0 bridgehead atoms. The van der Waals surface area contributed by atoms with Crippen LogP contribution in [0.1, 0.15) is 20.7 Å². The summed E-state index contributed by atoms with van der Waals surface area (Å²) in [5.74, 6) is -26.3. The molecule has 2 amide bonds. The molecule has 0 spiro atoms. The van der Waals surface area contributed by atoms with Gasteiger partial charge in [0.2, 0.25) is 11.6 Å². The van der Waals surface area contributed by atoms with Crippen LogP contribution in [-0.2, 0) is 0 Å². The molecule has 0 aliphatic heterocycles. The second kappa shape index (κ2) is 11.2. The van der Waals surface area contributed by atoms with Crippen LogP contribution in [0.3, 0.4) is 0 Å². The summed E-state index contributed by atoms with van der Waals surface area (Å²) in [6.45, 7) is 0. The van der Waals surface area contributed by atoms with E-state index in [-0.39, 0.29) is 22.9 Å². The normalized spacial score (nSPS) is 10.9. The van der Waals surface area contributed by atoms with Crippen molar-refractivity contribution in [2.75, 3.05) is 10.6 Å². The number of carbonyl (C=O) groups is 2. The van der Waals surface area contributed by atoms with Crippen molar-refractivity contribution in [1.29, 1.82) is 0 Å². The summed E-state index contributed by atoms with van der Waals surface area (Å²) < 4.78 is 141. The molecule has 0 heterocycles. The fourth-order valence-electron chi connectivity index (χ4n) is 3.34. The molecule has 0 saturated heterocycles. The Balaban J connectivity index is 1.42. The van der Waals surface area contributed by atoms with Crippen molar-refractivity contribution in [3.05, 3.63) is 118 Å². The van der Waals surface area contributed by atoms with Gasteiger partial charge in [-0.3, -0.25) is 9.59 Å². The minimum atomic E-state index is -2.42. The average molecular weight is 588 g/mol. The van der Waals surface area contributed by atoms with Crippen LogP contribution in [0.25, 0.3) is 0 Å². The second-order valence-electron chi connectivity index (χ2n) is 7.95. The fourth-order valence-corrected chi connectivity index (χ4v) is 3.34. The highest BCUT2D eigenvalue weighted by molar-refractivity contribution is 6.05. The summed E-state index contributed by atoms with van der Waals surface area (Å²) >= 11 is 0. The molecular weight excluding hydrogens is 578 g/mol. The summed E-state index contributed by atoms with van der Waals surface area (Å²) in [4.78, 5) is 24.3. The molecule has 0 aliphatic rings. The van der Waals surface area contributed by atoms with Crippen LogP contribution < -0.4 is 15.4 Å². The predicted molar refractivity (Wildman–Crippen MR) is 121 cm³/mol. The highest BCUT2D eigenvalue weighted by Crippen LogP contribution is 2.28. The minimum Gasteiger partial charge on any atom is -0.457 e. The van der Waals surface area contributed by atoms with Crippen LogP contribution in [0.2, 0.25) is 0 Å². The van der Waals surface area contributed by atoms with Crippen LogP contribution in [0.15, 0.2) is 48.5 Å². The van der Waals surface area contributed by atoms with Crippen molar-refractivity contribution in [3.8, 4) is 11.5 Å². The molecule has 0 unspecified atom stereocenters. The zero-order chi connectivity index (χ0) is 30.2. The van der Waals surface area contributed by atoms with Gasteiger partial charge in [-0.1, -0.05) is 0 Å². The maximum absolute atomic E-state index is 13.8. The van der Waals surface area contributed by atoms with Crippen molar-refractivity contribution >= 4 is 23.2 Å². The molecule has 4 aromatic carbocycles. The van der Waals surface area contributed by atoms with Gasteiger partial charge in [-0.05, 0) is 48.5 Å². The molecule has 4 aromatic rings. The third-order valence-corrected chi connectivity index (χ3v) is 5.33. The van der Waals surface area contributed by atoms with Gasteiger partial charge in [0.25, 0.3) is 11.8 Å². The number of rotatable bonds is 6. The molecule has 4 rings (SSSR count). The van der Waals surface area contributed by atoms with Gasteiger partial charge in [-0.15, -0.1) is 0 Å². The van der Waals surface area contributed by atoms with Crippen molar-refractivity contribution < 1.29 is 58.2 Å². The number of anilines is 2. The number of nitrogens with one attached hydrogen (secondary N) is 2. The molecule has 0 aromatic heterocycles. The lowest BCUT2D eigenvalue weighted by atomic mass is 10.1. The average Bonchev–Trinajstić information content (AvgIpc) is 2.95. The molecule has 0 aliphatic carbocycles. The molecule has 0 fully saturated rings. The lowest BCUT2D eigenvalue weighted by molar-refractivity contribution is 0.100. The van der Waals surface area contributed by atoms with Gasteiger partial charge in [0, 0.05) is 11.4 Å². The molecular formula is C26H10F10N2O3. The fraction of sp³-hybridized carbons (Fsp3) is 0. The molecule has 0 radical (unpaired) electrons. The first-order valence-corrected chi connectivity index (χ1v) is 10.8. The standard InChI is InChI=1S/C26H10F10N2O3/c27-15-13(16(28)20(32)23(35)19(15)31)25(39)37-9-1-5-11(6-2-9)41-12-7-3-10(4-8-12)38-26(40)14-17(29)21(33)24(36)22(34)18(14)30/h1-8H,(H,37,39)(H,38,40). The lowest BCUT2D eigenvalue weighted by Gasteiger charge is -2.11. The first-order valence-electron chi connectivity index (χ1n) is 10.8. The van der Waals surface area contributed by atoms with Crippen molar-refractivity contribution in [2.45, 2.75) is 0 Å². The Morgan fingerprint density at radius 1 is 0.415 bits per heavy atom. The van der Waals surface area contributed by atoms with E-state index in [1.54, 1.807) is 0 Å². The molecule has 0 saturated carbocycles. The molecule has 41 heavy (non-hydrogen) atoms. The number of halogens is 10. The highest BCUT2D eigenvalue weighted by atomic mass is 19.2. The third-order valence-electron chi connectivity index (χ3n) is 5.33. The molecule has 5 nitrogen and oxygen atoms in total.